The van der Waals surface area contributed by atoms with Crippen LogP contribution in [0, 0.1) is 0 Å². The standard InChI is InChI=1S/C20H28O7/c1-2-19(21)25-16-14-23-12-11-22-13-15-24-17-6-8-18(9-7-17)27-20-5-3-4-10-26-20/h2,6-9,20H,1,3-5,10-16H2. The fourth-order valence-corrected chi connectivity index (χ4v) is 2.37. The number of esters is 1. The van der Waals surface area contributed by atoms with Crippen molar-refractivity contribution >= 4 is 5.97 Å². The van der Waals surface area contributed by atoms with Crippen LogP contribution in [0.2, 0.25) is 0 Å². The highest BCUT2D eigenvalue weighted by Crippen LogP contribution is 2.22. The fourth-order valence-electron chi connectivity index (χ4n) is 2.37. The van der Waals surface area contributed by atoms with Crippen LogP contribution in [-0.4, -0.2) is 58.5 Å². The molecule has 1 aromatic carbocycles. The van der Waals surface area contributed by atoms with E-state index < -0.39 is 5.97 Å². The van der Waals surface area contributed by atoms with E-state index in [9.17, 15) is 4.79 Å². The molecule has 7 nitrogen and oxygen atoms in total. The van der Waals surface area contributed by atoms with E-state index in [1.165, 1.54) is 0 Å². The van der Waals surface area contributed by atoms with Crippen molar-refractivity contribution in [2.75, 3.05) is 46.2 Å². The Bertz CT molecular complexity index is 538. The van der Waals surface area contributed by atoms with E-state index >= 15 is 0 Å². The predicted molar refractivity (Wildman–Crippen MR) is 99.0 cm³/mol. The van der Waals surface area contributed by atoms with Crippen LogP contribution in [-0.2, 0) is 23.7 Å². The summed E-state index contributed by atoms with van der Waals surface area (Å²) < 4.78 is 32.4. The number of carbonyl (C=O) groups excluding carboxylic acids is 1. The maximum absolute atomic E-state index is 10.8. The lowest BCUT2D eigenvalue weighted by Gasteiger charge is -2.23. The molecular weight excluding hydrogens is 352 g/mol. The number of ether oxygens (including phenoxy) is 6. The molecule has 2 rings (SSSR count). The van der Waals surface area contributed by atoms with E-state index in [-0.39, 0.29) is 12.9 Å². The molecule has 0 aliphatic carbocycles. The van der Waals surface area contributed by atoms with Gasteiger partial charge in [0.2, 0.25) is 0 Å². The van der Waals surface area contributed by atoms with Gasteiger partial charge in [-0.3, -0.25) is 0 Å². The number of carbonyl (C=O) groups is 1. The highest BCUT2D eigenvalue weighted by molar-refractivity contribution is 5.81. The normalized spacial score (nSPS) is 16.5. The van der Waals surface area contributed by atoms with Crippen LogP contribution in [0.5, 0.6) is 11.5 Å². The molecule has 7 heteroatoms. The summed E-state index contributed by atoms with van der Waals surface area (Å²) in [5.41, 5.74) is 0. The van der Waals surface area contributed by atoms with Gasteiger partial charge < -0.3 is 28.4 Å². The van der Waals surface area contributed by atoms with Crippen molar-refractivity contribution in [3.63, 3.8) is 0 Å². The van der Waals surface area contributed by atoms with Gasteiger partial charge in [0.1, 0.15) is 24.7 Å². The average molecular weight is 380 g/mol. The van der Waals surface area contributed by atoms with Crippen molar-refractivity contribution in [3.05, 3.63) is 36.9 Å². The summed E-state index contributed by atoms with van der Waals surface area (Å²) in [5, 5.41) is 0. The van der Waals surface area contributed by atoms with Gasteiger partial charge in [-0.1, -0.05) is 6.58 Å². The number of hydrogen-bond acceptors (Lipinski definition) is 7. The molecule has 0 bridgehead atoms. The van der Waals surface area contributed by atoms with E-state index in [1.54, 1.807) is 0 Å². The summed E-state index contributed by atoms with van der Waals surface area (Å²) in [6.45, 7) is 6.41. The van der Waals surface area contributed by atoms with Crippen LogP contribution in [0.15, 0.2) is 36.9 Å². The lowest BCUT2D eigenvalue weighted by atomic mass is 10.2. The van der Waals surface area contributed by atoms with E-state index in [1.807, 2.05) is 24.3 Å². The van der Waals surface area contributed by atoms with Gasteiger partial charge in [0.05, 0.1) is 33.0 Å². The van der Waals surface area contributed by atoms with E-state index in [4.69, 9.17) is 28.4 Å². The molecular formula is C20H28O7. The number of hydrogen-bond donors (Lipinski definition) is 0. The van der Waals surface area contributed by atoms with Gasteiger partial charge in [0.15, 0.2) is 6.29 Å². The first kappa shape index (κ1) is 21.2. The second-order valence-electron chi connectivity index (χ2n) is 5.83. The Morgan fingerprint density at radius 2 is 1.67 bits per heavy atom. The van der Waals surface area contributed by atoms with Crippen molar-refractivity contribution in [3.8, 4) is 11.5 Å². The minimum Gasteiger partial charge on any atom is -0.491 e. The molecule has 0 aromatic heterocycles. The second kappa shape index (κ2) is 13.1. The molecule has 0 amide bonds. The molecule has 0 N–H and O–H groups in total. The molecule has 0 radical (unpaired) electrons. The van der Waals surface area contributed by atoms with Gasteiger partial charge in [-0.15, -0.1) is 0 Å². The van der Waals surface area contributed by atoms with Crippen molar-refractivity contribution < 1.29 is 33.2 Å². The zero-order valence-electron chi connectivity index (χ0n) is 15.6. The highest BCUT2D eigenvalue weighted by Gasteiger charge is 2.14. The van der Waals surface area contributed by atoms with E-state index in [0.717, 1.165) is 43.4 Å². The van der Waals surface area contributed by atoms with Crippen molar-refractivity contribution in [1.82, 2.24) is 0 Å². The van der Waals surface area contributed by atoms with Crippen LogP contribution in [0.25, 0.3) is 0 Å². The van der Waals surface area contributed by atoms with Gasteiger partial charge in [-0.2, -0.15) is 0 Å². The van der Waals surface area contributed by atoms with Gasteiger partial charge in [0.25, 0.3) is 0 Å². The quantitative estimate of drug-likeness (QED) is 0.296. The first-order chi connectivity index (χ1) is 13.3. The molecule has 0 saturated carbocycles. The zero-order valence-corrected chi connectivity index (χ0v) is 15.6. The highest BCUT2D eigenvalue weighted by atomic mass is 16.7. The smallest absolute Gasteiger partial charge is 0.330 e. The van der Waals surface area contributed by atoms with Gasteiger partial charge in [-0.25, -0.2) is 4.79 Å². The van der Waals surface area contributed by atoms with Crippen molar-refractivity contribution in [2.24, 2.45) is 0 Å². The predicted octanol–water partition coefficient (Wildman–Crippen LogP) is 2.73. The third-order valence-electron chi connectivity index (χ3n) is 3.74. The minimum atomic E-state index is -0.450. The molecule has 1 fully saturated rings. The van der Waals surface area contributed by atoms with Crippen LogP contribution < -0.4 is 9.47 Å². The van der Waals surface area contributed by atoms with Crippen LogP contribution in [0.3, 0.4) is 0 Å². The van der Waals surface area contributed by atoms with Crippen molar-refractivity contribution in [1.29, 1.82) is 0 Å². The Balaban J connectivity index is 1.46. The maximum Gasteiger partial charge on any atom is 0.330 e. The summed E-state index contributed by atoms with van der Waals surface area (Å²) in [6.07, 6.45) is 4.15. The maximum atomic E-state index is 10.8. The third-order valence-corrected chi connectivity index (χ3v) is 3.74. The molecule has 0 spiro atoms. The first-order valence-corrected chi connectivity index (χ1v) is 9.24. The lowest BCUT2D eigenvalue weighted by Crippen LogP contribution is -2.24. The number of rotatable bonds is 13. The Labute approximate surface area is 160 Å². The summed E-state index contributed by atoms with van der Waals surface area (Å²) in [4.78, 5) is 10.8. The summed E-state index contributed by atoms with van der Waals surface area (Å²) in [7, 11) is 0. The Kier molecular flexibility index (Phi) is 10.3. The molecule has 1 heterocycles. The van der Waals surface area contributed by atoms with Crippen LogP contribution >= 0.6 is 0 Å². The Morgan fingerprint density at radius 1 is 1.00 bits per heavy atom. The van der Waals surface area contributed by atoms with Crippen molar-refractivity contribution in [2.45, 2.75) is 25.6 Å². The topological polar surface area (TPSA) is 72.5 Å². The summed E-state index contributed by atoms with van der Waals surface area (Å²) in [5.74, 6) is 1.09. The molecule has 150 valence electrons. The molecule has 1 saturated heterocycles. The molecule has 1 aromatic rings. The summed E-state index contributed by atoms with van der Waals surface area (Å²) >= 11 is 0. The fraction of sp³-hybridized carbons (Fsp3) is 0.550. The van der Waals surface area contributed by atoms with Crippen LogP contribution in [0.1, 0.15) is 19.3 Å². The number of benzene rings is 1. The van der Waals surface area contributed by atoms with E-state index in [0.29, 0.717) is 33.0 Å². The molecule has 1 unspecified atom stereocenters. The third kappa shape index (κ3) is 9.42. The molecule has 1 aliphatic rings. The molecule has 1 aliphatic heterocycles. The second-order valence-corrected chi connectivity index (χ2v) is 5.83. The zero-order chi connectivity index (χ0) is 19.2. The van der Waals surface area contributed by atoms with E-state index in [2.05, 4.69) is 6.58 Å². The lowest BCUT2D eigenvalue weighted by molar-refractivity contribution is -0.139. The molecule has 27 heavy (non-hydrogen) atoms. The molecule has 1 atom stereocenters. The summed E-state index contributed by atoms with van der Waals surface area (Å²) in [6, 6.07) is 7.49. The minimum absolute atomic E-state index is 0.143. The van der Waals surface area contributed by atoms with Crippen LogP contribution in [0.4, 0.5) is 0 Å². The van der Waals surface area contributed by atoms with Gasteiger partial charge in [-0.05, 0) is 37.1 Å². The monoisotopic (exact) mass is 380 g/mol. The Morgan fingerprint density at radius 3 is 2.33 bits per heavy atom. The SMILES string of the molecule is C=CC(=O)OCCOCCOCCOc1ccc(OC2CCCCO2)cc1. The average Bonchev–Trinajstić information content (AvgIpc) is 2.71. The van der Waals surface area contributed by atoms with Gasteiger partial charge >= 0.3 is 5.97 Å². The van der Waals surface area contributed by atoms with Gasteiger partial charge in [0, 0.05) is 12.5 Å². The Hall–Kier alpha value is -2.09. The first-order valence-electron chi connectivity index (χ1n) is 9.24. The largest absolute Gasteiger partial charge is 0.491 e.